The van der Waals surface area contributed by atoms with Gasteiger partial charge >= 0.3 is 5.97 Å². The zero-order valence-electron chi connectivity index (χ0n) is 9.86. The van der Waals surface area contributed by atoms with E-state index in [-0.39, 0.29) is 5.56 Å². The number of aromatic carboxylic acids is 1. The summed E-state index contributed by atoms with van der Waals surface area (Å²) in [7, 11) is 0. The SMILES string of the molecule is CC1(CNCc2cc(C(=O)O)co2)CCCS1. The van der Waals surface area contributed by atoms with E-state index in [4.69, 9.17) is 9.52 Å². The van der Waals surface area contributed by atoms with Crippen molar-refractivity contribution in [3.05, 3.63) is 23.7 Å². The fraction of sp³-hybridized carbons (Fsp3) is 0.583. The largest absolute Gasteiger partial charge is 0.478 e. The molecule has 5 heteroatoms. The van der Waals surface area contributed by atoms with Gasteiger partial charge in [0.15, 0.2) is 0 Å². The third-order valence-corrected chi connectivity index (χ3v) is 4.54. The van der Waals surface area contributed by atoms with E-state index < -0.39 is 5.97 Å². The van der Waals surface area contributed by atoms with Crippen molar-refractivity contribution in [1.29, 1.82) is 0 Å². The van der Waals surface area contributed by atoms with E-state index in [9.17, 15) is 4.79 Å². The van der Waals surface area contributed by atoms with Crippen LogP contribution < -0.4 is 5.32 Å². The van der Waals surface area contributed by atoms with Crippen LogP contribution in [0.1, 0.15) is 35.9 Å². The first-order valence-corrected chi connectivity index (χ1v) is 6.73. The Labute approximate surface area is 105 Å². The average Bonchev–Trinajstić information content (AvgIpc) is 2.88. The normalized spacial score (nSPS) is 24.1. The van der Waals surface area contributed by atoms with Crippen molar-refractivity contribution in [2.75, 3.05) is 12.3 Å². The molecule has 0 aliphatic carbocycles. The highest BCUT2D eigenvalue weighted by atomic mass is 32.2. The molecule has 0 aromatic carbocycles. The number of carbonyl (C=O) groups is 1. The fourth-order valence-corrected chi connectivity index (χ4v) is 3.29. The number of carboxylic acid groups (broad SMARTS) is 1. The van der Waals surface area contributed by atoms with E-state index in [0.29, 0.717) is 17.1 Å². The van der Waals surface area contributed by atoms with Crippen molar-refractivity contribution >= 4 is 17.7 Å². The summed E-state index contributed by atoms with van der Waals surface area (Å²) >= 11 is 2.00. The minimum absolute atomic E-state index is 0.211. The van der Waals surface area contributed by atoms with Gasteiger partial charge in [0, 0.05) is 11.3 Å². The predicted molar refractivity (Wildman–Crippen MR) is 67.5 cm³/mol. The van der Waals surface area contributed by atoms with Crippen LogP contribution in [0.2, 0.25) is 0 Å². The number of carboxylic acids is 1. The molecular weight excluding hydrogens is 238 g/mol. The molecule has 4 nitrogen and oxygen atoms in total. The smallest absolute Gasteiger partial charge is 0.338 e. The molecule has 94 valence electrons. The van der Waals surface area contributed by atoms with Gasteiger partial charge < -0.3 is 14.8 Å². The van der Waals surface area contributed by atoms with Gasteiger partial charge in [0.1, 0.15) is 12.0 Å². The molecule has 1 aromatic rings. The lowest BCUT2D eigenvalue weighted by Crippen LogP contribution is -2.32. The third kappa shape index (κ3) is 3.26. The van der Waals surface area contributed by atoms with Crippen LogP contribution in [0, 0.1) is 0 Å². The van der Waals surface area contributed by atoms with Gasteiger partial charge in [0.25, 0.3) is 0 Å². The van der Waals surface area contributed by atoms with Crippen molar-refractivity contribution in [3.63, 3.8) is 0 Å². The Balaban J connectivity index is 1.79. The Bertz CT molecular complexity index is 396. The minimum Gasteiger partial charge on any atom is -0.478 e. The molecule has 17 heavy (non-hydrogen) atoms. The Kier molecular flexibility index (Phi) is 3.79. The van der Waals surface area contributed by atoms with Crippen LogP contribution in [0.4, 0.5) is 0 Å². The number of rotatable bonds is 5. The molecule has 0 radical (unpaired) electrons. The third-order valence-electron chi connectivity index (χ3n) is 3.00. The summed E-state index contributed by atoms with van der Waals surface area (Å²) in [6.45, 7) is 3.78. The molecule has 0 spiro atoms. The quantitative estimate of drug-likeness (QED) is 0.845. The van der Waals surface area contributed by atoms with Gasteiger partial charge in [0.2, 0.25) is 0 Å². The number of nitrogens with one attached hydrogen (secondary N) is 1. The Morgan fingerprint density at radius 1 is 1.71 bits per heavy atom. The van der Waals surface area contributed by atoms with Crippen molar-refractivity contribution in [2.45, 2.75) is 31.1 Å². The van der Waals surface area contributed by atoms with Crippen LogP contribution in [0.3, 0.4) is 0 Å². The van der Waals surface area contributed by atoms with Crippen LogP contribution in [-0.4, -0.2) is 28.1 Å². The Hall–Kier alpha value is -0.940. The molecule has 2 heterocycles. The fourth-order valence-electron chi connectivity index (χ4n) is 2.01. The number of furan rings is 1. The van der Waals surface area contributed by atoms with Crippen molar-refractivity contribution < 1.29 is 14.3 Å². The van der Waals surface area contributed by atoms with E-state index >= 15 is 0 Å². The molecule has 1 unspecified atom stereocenters. The highest BCUT2D eigenvalue weighted by molar-refractivity contribution is 8.00. The van der Waals surface area contributed by atoms with Gasteiger partial charge in [-0.2, -0.15) is 11.8 Å². The van der Waals surface area contributed by atoms with Gasteiger partial charge in [-0.15, -0.1) is 0 Å². The monoisotopic (exact) mass is 255 g/mol. The summed E-state index contributed by atoms with van der Waals surface area (Å²) < 4.78 is 5.50. The lowest BCUT2D eigenvalue weighted by atomic mass is 10.1. The average molecular weight is 255 g/mol. The maximum absolute atomic E-state index is 10.7. The second-order valence-electron chi connectivity index (χ2n) is 4.61. The second kappa shape index (κ2) is 5.14. The van der Waals surface area contributed by atoms with Gasteiger partial charge in [-0.25, -0.2) is 4.79 Å². The topological polar surface area (TPSA) is 62.5 Å². The number of hydrogen-bond acceptors (Lipinski definition) is 4. The molecule has 1 fully saturated rings. The van der Waals surface area contributed by atoms with E-state index in [2.05, 4.69) is 12.2 Å². The van der Waals surface area contributed by atoms with Crippen LogP contribution in [0.5, 0.6) is 0 Å². The number of hydrogen-bond donors (Lipinski definition) is 2. The molecule has 1 aliphatic rings. The lowest BCUT2D eigenvalue weighted by Gasteiger charge is -2.22. The first-order valence-electron chi connectivity index (χ1n) is 5.74. The zero-order valence-corrected chi connectivity index (χ0v) is 10.7. The first-order chi connectivity index (χ1) is 8.09. The molecule has 1 aliphatic heterocycles. The molecule has 0 saturated carbocycles. The zero-order chi connectivity index (χ0) is 12.3. The molecule has 1 saturated heterocycles. The summed E-state index contributed by atoms with van der Waals surface area (Å²) in [5.74, 6) is 0.967. The van der Waals surface area contributed by atoms with E-state index in [1.54, 1.807) is 6.07 Å². The molecular formula is C12H17NO3S. The minimum atomic E-state index is -0.946. The van der Waals surface area contributed by atoms with Crippen molar-refractivity contribution in [3.8, 4) is 0 Å². The summed E-state index contributed by atoms with van der Waals surface area (Å²) in [6.07, 6.45) is 3.81. The molecule has 2 rings (SSSR count). The maximum Gasteiger partial charge on any atom is 0.338 e. The van der Waals surface area contributed by atoms with E-state index in [0.717, 1.165) is 6.54 Å². The lowest BCUT2D eigenvalue weighted by molar-refractivity contribution is 0.0696. The standard InChI is InChI=1S/C12H17NO3S/c1-12(3-2-4-17-12)8-13-6-10-5-9(7-16-10)11(14)15/h5,7,13H,2-4,6,8H2,1H3,(H,14,15). The van der Waals surface area contributed by atoms with Crippen LogP contribution >= 0.6 is 11.8 Å². The van der Waals surface area contributed by atoms with Crippen molar-refractivity contribution in [2.24, 2.45) is 0 Å². The summed E-state index contributed by atoms with van der Waals surface area (Å²) in [4.78, 5) is 10.7. The molecule has 0 bridgehead atoms. The molecule has 1 atom stereocenters. The molecule has 1 aromatic heterocycles. The first kappa shape index (κ1) is 12.5. The van der Waals surface area contributed by atoms with Gasteiger partial charge in [-0.3, -0.25) is 0 Å². The summed E-state index contributed by atoms with van der Waals surface area (Å²) in [5.41, 5.74) is 0.211. The molecule has 0 amide bonds. The van der Waals surface area contributed by atoms with Crippen LogP contribution in [0.25, 0.3) is 0 Å². The van der Waals surface area contributed by atoms with Gasteiger partial charge in [0.05, 0.1) is 12.1 Å². The second-order valence-corrected chi connectivity index (χ2v) is 6.29. The maximum atomic E-state index is 10.7. The number of thioether (sulfide) groups is 1. The Morgan fingerprint density at radius 3 is 3.12 bits per heavy atom. The van der Waals surface area contributed by atoms with E-state index in [1.807, 2.05) is 11.8 Å². The Morgan fingerprint density at radius 2 is 2.53 bits per heavy atom. The van der Waals surface area contributed by atoms with Crippen LogP contribution in [0.15, 0.2) is 16.7 Å². The van der Waals surface area contributed by atoms with Gasteiger partial charge in [-0.05, 0) is 31.6 Å². The summed E-state index contributed by atoms with van der Waals surface area (Å²) in [6, 6.07) is 1.57. The van der Waals surface area contributed by atoms with Crippen LogP contribution in [-0.2, 0) is 6.54 Å². The molecule has 2 N–H and O–H groups in total. The van der Waals surface area contributed by atoms with E-state index in [1.165, 1.54) is 24.9 Å². The highest BCUT2D eigenvalue weighted by Crippen LogP contribution is 2.36. The van der Waals surface area contributed by atoms with Gasteiger partial charge in [-0.1, -0.05) is 0 Å². The van der Waals surface area contributed by atoms with Crippen molar-refractivity contribution in [1.82, 2.24) is 5.32 Å². The highest BCUT2D eigenvalue weighted by Gasteiger charge is 2.28. The predicted octanol–water partition coefficient (Wildman–Crippen LogP) is 2.35. The summed E-state index contributed by atoms with van der Waals surface area (Å²) in [5, 5.41) is 12.1.